The molecule has 4 rings (SSSR count). The number of furan rings is 1. The first-order valence-corrected chi connectivity index (χ1v) is 7.81. The molecule has 4 nitrogen and oxygen atoms in total. The number of halogens is 1. The summed E-state index contributed by atoms with van der Waals surface area (Å²) in [6.07, 6.45) is 0. The standard InChI is InChI=1S/C17H11ClN2O2S/c18-12-7-3-1-5-10(12)9-20-16(21)15-14(19-17(20)23)11-6-2-4-8-13(11)22-15/h1-8H,9H2,(H,19,23). The van der Waals surface area contributed by atoms with Gasteiger partial charge < -0.3 is 9.40 Å². The van der Waals surface area contributed by atoms with E-state index in [0.717, 1.165) is 10.9 Å². The minimum atomic E-state index is -0.264. The molecule has 2 heterocycles. The molecule has 0 unspecified atom stereocenters. The third-order valence-corrected chi connectivity index (χ3v) is 4.49. The van der Waals surface area contributed by atoms with Crippen molar-refractivity contribution in [2.24, 2.45) is 0 Å². The number of fused-ring (bicyclic) bond motifs is 3. The number of para-hydroxylation sites is 1. The fourth-order valence-corrected chi connectivity index (χ4v) is 3.09. The molecule has 114 valence electrons. The van der Waals surface area contributed by atoms with Crippen molar-refractivity contribution in [3.63, 3.8) is 0 Å². The highest BCUT2D eigenvalue weighted by Gasteiger charge is 2.14. The molecule has 0 spiro atoms. The van der Waals surface area contributed by atoms with Crippen molar-refractivity contribution < 1.29 is 4.42 Å². The van der Waals surface area contributed by atoms with Gasteiger partial charge in [-0.25, -0.2) is 0 Å². The predicted octanol–water partition coefficient (Wildman–Crippen LogP) is 4.51. The molecule has 0 aliphatic carbocycles. The lowest BCUT2D eigenvalue weighted by molar-refractivity contribution is 0.640. The van der Waals surface area contributed by atoms with Gasteiger partial charge in [-0.1, -0.05) is 41.9 Å². The number of nitrogens with one attached hydrogen (secondary N) is 1. The SMILES string of the molecule is O=c1c2oc3ccccc3c2[nH]c(=S)n1Cc1ccccc1Cl. The summed E-state index contributed by atoms with van der Waals surface area (Å²) in [4.78, 5) is 15.9. The number of aromatic nitrogens is 2. The van der Waals surface area contributed by atoms with Crippen molar-refractivity contribution >= 4 is 45.9 Å². The van der Waals surface area contributed by atoms with Gasteiger partial charge >= 0.3 is 0 Å². The summed E-state index contributed by atoms with van der Waals surface area (Å²) in [6.45, 7) is 0.292. The summed E-state index contributed by atoms with van der Waals surface area (Å²) in [5.41, 5.74) is 2.12. The Kier molecular flexibility index (Phi) is 3.32. The summed E-state index contributed by atoms with van der Waals surface area (Å²) in [5.74, 6) is 0. The van der Waals surface area contributed by atoms with Gasteiger partial charge in [-0.3, -0.25) is 9.36 Å². The van der Waals surface area contributed by atoms with E-state index in [1.54, 1.807) is 6.07 Å². The number of benzene rings is 2. The quantitative estimate of drug-likeness (QED) is 0.545. The zero-order valence-corrected chi connectivity index (χ0v) is 13.4. The Morgan fingerprint density at radius 2 is 1.87 bits per heavy atom. The Bertz CT molecular complexity index is 1160. The molecular formula is C17H11ClN2O2S. The smallest absolute Gasteiger partial charge is 0.298 e. The van der Waals surface area contributed by atoms with Gasteiger partial charge in [0.25, 0.3) is 5.56 Å². The largest absolute Gasteiger partial charge is 0.449 e. The van der Waals surface area contributed by atoms with Gasteiger partial charge in [0, 0.05) is 10.4 Å². The topological polar surface area (TPSA) is 50.9 Å². The van der Waals surface area contributed by atoms with Gasteiger partial charge in [-0.05, 0) is 36.0 Å². The predicted molar refractivity (Wildman–Crippen MR) is 93.7 cm³/mol. The molecule has 0 radical (unpaired) electrons. The first kappa shape index (κ1) is 14.2. The van der Waals surface area contributed by atoms with Crippen LogP contribution in [0.25, 0.3) is 22.1 Å². The van der Waals surface area contributed by atoms with Crippen LogP contribution in [0.5, 0.6) is 0 Å². The summed E-state index contributed by atoms with van der Waals surface area (Å²) in [6, 6.07) is 14.8. The van der Waals surface area contributed by atoms with E-state index in [1.165, 1.54) is 4.57 Å². The van der Waals surface area contributed by atoms with Gasteiger partial charge in [0.2, 0.25) is 5.58 Å². The summed E-state index contributed by atoms with van der Waals surface area (Å²) in [7, 11) is 0. The van der Waals surface area contributed by atoms with Crippen LogP contribution in [0.15, 0.2) is 57.7 Å². The Morgan fingerprint density at radius 1 is 1.13 bits per heavy atom. The third kappa shape index (κ3) is 2.29. The van der Waals surface area contributed by atoms with Crippen LogP contribution in [0, 0.1) is 4.77 Å². The molecule has 1 N–H and O–H groups in total. The maximum atomic E-state index is 12.8. The first-order valence-electron chi connectivity index (χ1n) is 7.03. The van der Waals surface area contributed by atoms with Crippen molar-refractivity contribution in [3.05, 3.63) is 74.2 Å². The molecule has 0 aliphatic heterocycles. The maximum absolute atomic E-state index is 12.8. The minimum Gasteiger partial charge on any atom is -0.449 e. The van der Waals surface area contributed by atoms with Crippen LogP contribution in [0.1, 0.15) is 5.56 Å². The van der Waals surface area contributed by atoms with Crippen molar-refractivity contribution in [3.8, 4) is 0 Å². The second-order valence-electron chi connectivity index (χ2n) is 5.22. The number of hydrogen-bond donors (Lipinski definition) is 1. The minimum absolute atomic E-state index is 0.264. The molecule has 0 saturated carbocycles. The lowest BCUT2D eigenvalue weighted by Crippen LogP contribution is -2.22. The molecule has 2 aromatic carbocycles. The van der Waals surface area contributed by atoms with Gasteiger partial charge in [0.1, 0.15) is 11.1 Å². The van der Waals surface area contributed by atoms with Crippen molar-refractivity contribution in [1.82, 2.24) is 9.55 Å². The zero-order valence-electron chi connectivity index (χ0n) is 11.9. The zero-order chi connectivity index (χ0) is 16.0. The van der Waals surface area contributed by atoms with Crippen molar-refractivity contribution in [1.29, 1.82) is 0 Å². The Morgan fingerprint density at radius 3 is 2.70 bits per heavy atom. The maximum Gasteiger partial charge on any atom is 0.298 e. The van der Waals surface area contributed by atoms with Crippen LogP contribution >= 0.6 is 23.8 Å². The van der Waals surface area contributed by atoms with Crippen LogP contribution in [0.3, 0.4) is 0 Å². The Hall–Kier alpha value is -2.37. The molecule has 0 amide bonds. The first-order chi connectivity index (χ1) is 11.1. The highest BCUT2D eigenvalue weighted by Crippen LogP contribution is 2.24. The molecule has 23 heavy (non-hydrogen) atoms. The Labute approximate surface area is 140 Å². The van der Waals surface area contributed by atoms with E-state index < -0.39 is 0 Å². The van der Waals surface area contributed by atoms with E-state index >= 15 is 0 Å². The van der Waals surface area contributed by atoms with Crippen LogP contribution < -0.4 is 5.56 Å². The highest BCUT2D eigenvalue weighted by atomic mass is 35.5. The molecule has 4 aromatic rings. The van der Waals surface area contributed by atoms with E-state index in [0.29, 0.717) is 27.4 Å². The second-order valence-corrected chi connectivity index (χ2v) is 6.01. The number of H-pyrrole nitrogens is 1. The van der Waals surface area contributed by atoms with E-state index in [4.69, 9.17) is 28.2 Å². The molecular weight excluding hydrogens is 332 g/mol. The summed E-state index contributed by atoms with van der Waals surface area (Å²) < 4.78 is 7.50. The summed E-state index contributed by atoms with van der Waals surface area (Å²) >= 11 is 11.5. The van der Waals surface area contributed by atoms with E-state index in [9.17, 15) is 4.79 Å². The molecule has 2 aromatic heterocycles. The van der Waals surface area contributed by atoms with E-state index in [1.807, 2.05) is 42.5 Å². The normalized spacial score (nSPS) is 11.3. The average molecular weight is 343 g/mol. The fourth-order valence-electron chi connectivity index (χ4n) is 2.65. The number of nitrogens with zero attached hydrogens (tertiary/aromatic N) is 1. The fraction of sp³-hybridized carbons (Fsp3) is 0.0588. The van der Waals surface area contributed by atoms with Crippen LogP contribution in [0.2, 0.25) is 5.02 Å². The molecule has 0 bridgehead atoms. The third-order valence-electron chi connectivity index (χ3n) is 3.80. The van der Waals surface area contributed by atoms with Gasteiger partial charge in [-0.2, -0.15) is 0 Å². The molecule has 0 saturated heterocycles. The van der Waals surface area contributed by atoms with E-state index in [2.05, 4.69) is 4.98 Å². The van der Waals surface area contributed by atoms with Crippen LogP contribution in [-0.4, -0.2) is 9.55 Å². The van der Waals surface area contributed by atoms with Crippen LogP contribution in [0.4, 0.5) is 0 Å². The monoisotopic (exact) mass is 342 g/mol. The molecule has 6 heteroatoms. The van der Waals surface area contributed by atoms with Crippen LogP contribution in [-0.2, 0) is 6.54 Å². The number of aromatic amines is 1. The van der Waals surface area contributed by atoms with Crippen molar-refractivity contribution in [2.75, 3.05) is 0 Å². The van der Waals surface area contributed by atoms with Gasteiger partial charge in [-0.15, -0.1) is 0 Å². The summed E-state index contributed by atoms with van der Waals surface area (Å²) in [5, 5.41) is 1.44. The number of rotatable bonds is 2. The van der Waals surface area contributed by atoms with Gasteiger partial charge in [0.05, 0.1) is 6.54 Å². The molecule has 0 aliphatic rings. The second kappa shape index (κ2) is 5.37. The van der Waals surface area contributed by atoms with Crippen molar-refractivity contribution in [2.45, 2.75) is 6.54 Å². The Balaban J connectivity index is 1.98. The molecule has 0 fully saturated rings. The van der Waals surface area contributed by atoms with Gasteiger partial charge in [0.15, 0.2) is 4.77 Å². The number of hydrogen-bond acceptors (Lipinski definition) is 3. The highest BCUT2D eigenvalue weighted by molar-refractivity contribution is 7.71. The lowest BCUT2D eigenvalue weighted by Gasteiger charge is -2.07. The van der Waals surface area contributed by atoms with E-state index in [-0.39, 0.29) is 11.1 Å². The lowest BCUT2D eigenvalue weighted by atomic mass is 10.2. The molecule has 0 atom stereocenters. The average Bonchev–Trinajstić information content (AvgIpc) is 2.92.